The van der Waals surface area contributed by atoms with E-state index < -0.39 is 15.1 Å². The second-order valence-electron chi connectivity index (χ2n) is 3.21. The smallest absolute Gasteiger partial charge is 0.103 e. The molecule has 0 N–H and O–H groups in total. The van der Waals surface area contributed by atoms with Crippen LogP contribution in [0.3, 0.4) is 0 Å². The van der Waals surface area contributed by atoms with Crippen molar-refractivity contribution in [1.29, 1.82) is 0 Å². The minimum absolute atomic E-state index is 0.125. The van der Waals surface area contributed by atoms with Gasteiger partial charge in [-0.25, -0.2) is 0 Å². The van der Waals surface area contributed by atoms with E-state index in [0.717, 1.165) is 6.07 Å². The topological polar surface area (TPSA) is 0 Å². The van der Waals surface area contributed by atoms with Gasteiger partial charge in [-0.1, -0.05) is 25.5 Å². The van der Waals surface area contributed by atoms with Crippen molar-refractivity contribution in [3.63, 3.8) is 0 Å². The summed E-state index contributed by atoms with van der Waals surface area (Å²) in [5.74, 6) is 0. The van der Waals surface area contributed by atoms with E-state index in [1.165, 1.54) is 6.08 Å². The Kier molecular flexibility index (Phi) is 2.88. The number of hydrogen-bond donors (Lipinski definition) is 0. The van der Waals surface area contributed by atoms with Crippen LogP contribution in [0.5, 0.6) is 0 Å². The molecule has 0 aliphatic rings. The zero-order chi connectivity index (χ0) is 12.7. The first kappa shape index (κ1) is 13.8. The molecule has 92 valence electrons. The Morgan fingerprint density at radius 2 is 1.75 bits per heavy atom. The van der Waals surface area contributed by atoms with E-state index in [4.69, 9.17) is 0 Å². The van der Waals surface area contributed by atoms with Crippen LogP contribution in [-0.4, -0.2) is 0 Å². The highest BCUT2D eigenvalue weighted by molar-refractivity contribution is 14.1. The molecule has 0 aliphatic heterocycles. The van der Waals surface area contributed by atoms with Gasteiger partial charge in [-0.05, 0) is 52.8 Å². The lowest BCUT2D eigenvalue weighted by molar-refractivity contribution is 0.364. The van der Waals surface area contributed by atoms with Gasteiger partial charge >= 0.3 is 10.2 Å². The van der Waals surface area contributed by atoms with Crippen LogP contribution in [0, 0.1) is 3.57 Å². The maximum atomic E-state index is 12.5. The summed E-state index contributed by atoms with van der Waals surface area (Å²) in [6, 6.07) is 1.94. The summed E-state index contributed by atoms with van der Waals surface area (Å²) < 4.78 is 62.9. The summed E-state index contributed by atoms with van der Waals surface area (Å²) in [7, 11) is -9.56. The van der Waals surface area contributed by atoms with E-state index in [9.17, 15) is 19.4 Å². The molecular formula is C9H8F5IS. The molecule has 0 spiro atoms. The van der Waals surface area contributed by atoms with Crippen LogP contribution in [0.2, 0.25) is 0 Å². The molecule has 0 atom stereocenters. The molecule has 16 heavy (non-hydrogen) atoms. The lowest BCUT2D eigenvalue weighted by Gasteiger charge is -2.40. The van der Waals surface area contributed by atoms with Crippen LogP contribution in [0.25, 0.3) is 0 Å². The van der Waals surface area contributed by atoms with Crippen LogP contribution in [0.4, 0.5) is 19.4 Å². The fraction of sp³-hybridized carbons (Fsp3) is 0.111. The van der Waals surface area contributed by atoms with E-state index in [0.29, 0.717) is 15.7 Å². The lowest BCUT2D eigenvalue weighted by atomic mass is 10.1. The van der Waals surface area contributed by atoms with Crippen molar-refractivity contribution >= 4 is 32.8 Å². The molecule has 0 bridgehead atoms. The van der Waals surface area contributed by atoms with Gasteiger partial charge in [0.25, 0.3) is 0 Å². The molecule has 7 heteroatoms. The van der Waals surface area contributed by atoms with Gasteiger partial charge in [0.05, 0.1) is 0 Å². The summed E-state index contributed by atoms with van der Waals surface area (Å²) >= 11 is 1.79. The minimum atomic E-state index is -9.56. The molecule has 1 aromatic rings. The Morgan fingerprint density at radius 1 is 1.19 bits per heavy atom. The average Bonchev–Trinajstić information content (AvgIpc) is 2.04. The number of hydrogen-bond acceptors (Lipinski definition) is 0. The highest BCUT2D eigenvalue weighted by Gasteiger charge is 2.65. The zero-order valence-electron chi connectivity index (χ0n) is 7.90. The second kappa shape index (κ2) is 3.34. The van der Waals surface area contributed by atoms with Gasteiger partial charge < -0.3 is 0 Å². The summed E-state index contributed by atoms with van der Waals surface area (Å²) in [5, 5.41) is 0. The van der Waals surface area contributed by atoms with Crippen molar-refractivity contribution in [1.82, 2.24) is 0 Å². The van der Waals surface area contributed by atoms with Crippen LogP contribution < -0.4 is 0 Å². The van der Waals surface area contributed by atoms with E-state index >= 15 is 0 Å². The van der Waals surface area contributed by atoms with Gasteiger partial charge in [0.2, 0.25) is 0 Å². The summed E-state index contributed by atoms with van der Waals surface area (Å²) in [5.41, 5.74) is 0.196. The third-order valence-electron chi connectivity index (χ3n) is 1.83. The molecule has 1 rings (SSSR count). The predicted molar refractivity (Wildman–Crippen MR) is 64.5 cm³/mol. The van der Waals surface area contributed by atoms with Gasteiger partial charge in [-0.2, -0.15) is 0 Å². The summed E-state index contributed by atoms with van der Waals surface area (Å²) in [6.07, 6.45) is 1.49. The Labute approximate surface area is 103 Å². The second-order valence-corrected chi connectivity index (χ2v) is 6.79. The highest BCUT2D eigenvalue weighted by atomic mass is 127. The molecule has 0 unspecified atom stereocenters. The molecule has 0 nitrogen and oxygen atoms in total. The third kappa shape index (κ3) is 3.34. The first-order valence-electron chi connectivity index (χ1n) is 4.07. The van der Waals surface area contributed by atoms with Crippen molar-refractivity contribution in [2.45, 2.75) is 11.3 Å². The van der Waals surface area contributed by atoms with Crippen molar-refractivity contribution in [3.05, 3.63) is 40.0 Å². The molecule has 0 aliphatic carbocycles. The van der Waals surface area contributed by atoms with Crippen LogP contribution >= 0.6 is 32.8 Å². The number of benzene rings is 1. The largest absolute Gasteiger partial charge is 0.310 e. The van der Waals surface area contributed by atoms with Gasteiger partial charge in [0.15, 0.2) is 0 Å². The Morgan fingerprint density at radius 3 is 2.19 bits per heavy atom. The predicted octanol–water partition coefficient (Wildman–Crippen LogP) is 5.68. The van der Waals surface area contributed by atoms with Crippen molar-refractivity contribution in [3.8, 4) is 0 Å². The van der Waals surface area contributed by atoms with Crippen molar-refractivity contribution in [2.24, 2.45) is 0 Å². The Bertz CT molecular complexity index is 436. The fourth-order valence-corrected chi connectivity index (χ4v) is 2.35. The molecule has 0 heterocycles. The Balaban J connectivity index is 3.40. The van der Waals surface area contributed by atoms with E-state index in [2.05, 4.69) is 6.58 Å². The minimum Gasteiger partial charge on any atom is -0.103 e. The SMILES string of the molecule is C=CCc1cc(S(F)(F)(F)(F)F)ccc1I. The van der Waals surface area contributed by atoms with Crippen molar-refractivity contribution in [2.75, 3.05) is 0 Å². The lowest BCUT2D eigenvalue weighted by Crippen LogP contribution is -2.07. The number of allylic oxidation sites excluding steroid dienone is 1. The average molecular weight is 370 g/mol. The van der Waals surface area contributed by atoms with Crippen molar-refractivity contribution < 1.29 is 19.4 Å². The zero-order valence-corrected chi connectivity index (χ0v) is 10.9. The normalized spacial score (nSPS) is 16.4. The summed E-state index contributed by atoms with van der Waals surface area (Å²) in [4.78, 5) is -1.85. The standard InChI is InChI=1S/C9H8F5IS/c1-2-3-7-6-8(4-5-9(7)15)16(10,11,12,13)14/h2,4-6H,1,3H2. The Hall–Kier alpha value is -0.310. The number of rotatable bonds is 3. The van der Waals surface area contributed by atoms with Gasteiger partial charge in [-0.15, -0.1) is 6.58 Å². The maximum absolute atomic E-state index is 12.5. The first-order valence-corrected chi connectivity index (χ1v) is 7.10. The quantitative estimate of drug-likeness (QED) is 0.365. The van der Waals surface area contributed by atoms with Gasteiger partial charge in [-0.3, -0.25) is 0 Å². The highest BCUT2D eigenvalue weighted by Crippen LogP contribution is 3.02. The van der Waals surface area contributed by atoms with Crippen LogP contribution in [0.1, 0.15) is 5.56 Å². The maximum Gasteiger partial charge on any atom is 0.310 e. The monoisotopic (exact) mass is 370 g/mol. The van der Waals surface area contributed by atoms with E-state index in [-0.39, 0.29) is 12.0 Å². The molecule has 0 fully saturated rings. The molecule has 0 aromatic heterocycles. The van der Waals surface area contributed by atoms with Crippen LogP contribution in [-0.2, 0) is 6.42 Å². The van der Waals surface area contributed by atoms with Gasteiger partial charge in [0, 0.05) is 3.57 Å². The molecule has 0 saturated carbocycles. The molecule has 0 saturated heterocycles. The number of halogens is 6. The van der Waals surface area contributed by atoms with E-state index in [1.54, 1.807) is 22.6 Å². The van der Waals surface area contributed by atoms with Gasteiger partial charge in [0.1, 0.15) is 4.90 Å². The fourth-order valence-electron chi connectivity index (χ4n) is 1.10. The molecule has 0 amide bonds. The van der Waals surface area contributed by atoms with Crippen LogP contribution in [0.15, 0.2) is 35.7 Å². The molecule has 0 radical (unpaired) electrons. The molecule has 1 aromatic carbocycles. The summed E-state index contributed by atoms with van der Waals surface area (Å²) in [6.45, 7) is 3.36. The third-order valence-corrected chi connectivity index (χ3v) is 4.02. The first-order chi connectivity index (χ1) is 6.94. The molecular weight excluding hydrogens is 362 g/mol. The van der Waals surface area contributed by atoms with E-state index in [1.807, 2.05) is 0 Å².